The van der Waals surface area contributed by atoms with Gasteiger partial charge < -0.3 is 10.0 Å². The van der Waals surface area contributed by atoms with Gasteiger partial charge in [0.2, 0.25) is 6.41 Å². The Kier molecular flexibility index (Phi) is 1.47. The van der Waals surface area contributed by atoms with Crippen LogP contribution in [0.3, 0.4) is 0 Å². The van der Waals surface area contributed by atoms with Crippen molar-refractivity contribution >= 4 is 12.4 Å². The normalized spacial score (nSPS) is 39.8. The summed E-state index contributed by atoms with van der Waals surface area (Å²) in [6.45, 7) is 4.75. The fourth-order valence-corrected chi connectivity index (χ4v) is 2.71. The second-order valence-corrected chi connectivity index (χ2v) is 4.54. The van der Waals surface area contributed by atoms with Crippen molar-refractivity contribution in [1.29, 1.82) is 0 Å². The highest BCUT2D eigenvalue weighted by molar-refractivity contribution is 5.78. The summed E-state index contributed by atoms with van der Waals surface area (Å²) in [5, 5.41) is 8.94. The second kappa shape index (κ2) is 2.25. The van der Waals surface area contributed by atoms with Crippen molar-refractivity contribution in [3.63, 3.8) is 0 Å². The molecule has 1 heterocycles. The Hall–Kier alpha value is -1.06. The zero-order chi connectivity index (χ0) is 9.80. The molecule has 1 aliphatic heterocycles. The molecule has 1 aliphatic carbocycles. The molecule has 1 amide bonds. The molecule has 0 radical (unpaired) electrons. The molecule has 0 bridgehead atoms. The van der Waals surface area contributed by atoms with E-state index in [1.807, 2.05) is 0 Å². The van der Waals surface area contributed by atoms with Gasteiger partial charge in [-0.3, -0.25) is 4.79 Å². The number of rotatable bonds is 2. The quantitative estimate of drug-likeness (QED) is 0.621. The number of nitrogens with zero attached hydrogens (tertiary/aromatic N) is 1. The molecule has 2 rings (SSSR count). The van der Waals surface area contributed by atoms with Crippen molar-refractivity contribution in [2.75, 3.05) is 6.54 Å². The topological polar surface area (TPSA) is 57.6 Å². The van der Waals surface area contributed by atoms with Gasteiger partial charge in [-0.05, 0) is 11.3 Å². The van der Waals surface area contributed by atoms with Crippen LogP contribution in [0.25, 0.3) is 0 Å². The summed E-state index contributed by atoms with van der Waals surface area (Å²) < 4.78 is 0. The van der Waals surface area contributed by atoms with Crippen LogP contribution in [0.1, 0.15) is 13.8 Å². The van der Waals surface area contributed by atoms with Gasteiger partial charge in [-0.2, -0.15) is 0 Å². The molecule has 1 N–H and O–H groups in total. The van der Waals surface area contributed by atoms with Gasteiger partial charge in [0, 0.05) is 12.5 Å². The van der Waals surface area contributed by atoms with E-state index in [1.54, 1.807) is 0 Å². The summed E-state index contributed by atoms with van der Waals surface area (Å²) in [4.78, 5) is 22.9. The van der Waals surface area contributed by atoms with Crippen LogP contribution >= 0.6 is 0 Å². The van der Waals surface area contributed by atoms with E-state index in [0.717, 1.165) is 0 Å². The summed E-state index contributed by atoms with van der Waals surface area (Å²) in [5.74, 6) is -0.320. The van der Waals surface area contributed by atoms with Gasteiger partial charge in [-0.1, -0.05) is 13.8 Å². The molecule has 0 aromatic carbocycles. The maximum atomic E-state index is 10.9. The maximum absolute atomic E-state index is 10.9. The minimum Gasteiger partial charge on any atom is -0.480 e. The van der Waals surface area contributed by atoms with E-state index < -0.39 is 12.0 Å². The standard InChI is InChI=1S/C9H13NO3/c1-9(2)5-3-10(4-11)7(6(5)9)8(12)13/h4-7H,3H2,1-2H3,(H,12,13). The third-order valence-corrected chi connectivity index (χ3v) is 3.63. The number of fused-ring (bicyclic) bond motifs is 1. The number of carbonyl (C=O) groups excluding carboxylic acids is 1. The minimum atomic E-state index is -0.870. The Morgan fingerprint density at radius 1 is 1.62 bits per heavy atom. The van der Waals surface area contributed by atoms with Crippen LogP contribution in [-0.2, 0) is 9.59 Å². The van der Waals surface area contributed by atoms with Gasteiger partial charge in [-0.15, -0.1) is 0 Å². The molecule has 4 nitrogen and oxygen atoms in total. The summed E-state index contributed by atoms with van der Waals surface area (Å²) in [5.41, 5.74) is 0.114. The first-order valence-electron chi connectivity index (χ1n) is 4.44. The molecule has 4 heteroatoms. The molecule has 1 saturated carbocycles. The van der Waals surface area contributed by atoms with Crippen molar-refractivity contribution in [2.45, 2.75) is 19.9 Å². The average Bonchev–Trinajstić information content (AvgIpc) is 2.50. The van der Waals surface area contributed by atoms with E-state index in [9.17, 15) is 9.59 Å². The van der Waals surface area contributed by atoms with Crippen molar-refractivity contribution in [2.24, 2.45) is 17.3 Å². The Balaban J connectivity index is 2.21. The van der Waals surface area contributed by atoms with Crippen LogP contribution in [0.4, 0.5) is 0 Å². The van der Waals surface area contributed by atoms with Gasteiger partial charge in [0.25, 0.3) is 0 Å². The van der Waals surface area contributed by atoms with Gasteiger partial charge >= 0.3 is 5.97 Å². The second-order valence-electron chi connectivity index (χ2n) is 4.54. The average molecular weight is 183 g/mol. The largest absolute Gasteiger partial charge is 0.480 e. The Labute approximate surface area is 76.5 Å². The molecule has 3 unspecified atom stereocenters. The zero-order valence-corrected chi connectivity index (χ0v) is 7.73. The van der Waals surface area contributed by atoms with Crippen LogP contribution in [0.5, 0.6) is 0 Å². The number of carboxylic acid groups (broad SMARTS) is 1. The van der Waals surface area contributed by atoms with E-state index in [0.29, 0.717) is 18.9 Å². The Bertz CT molecular complexity index is 274. The van der Waals surface area contributed by atoms with E-state index >= 15 is 0 Å². The van der Waals surface area contributed by atoms with Crippen LogP contribution in [0.15, 0.2) is 0 Å². The molecule has 13 heavy (non-hydrogen) atoms. The number of carbonyl (C=O) groups is 2. The predicted octanol–water partition coefficient (Wildman–Crippen LogP) is 0.184. The van der Waals surface area contributed by atoms with E-state index in [1.165, 1.54) is 4.90 Å². The lowest BCUT2D eigenvalue weighted by atomic mass is 10.0. The number of piperidine rings is 1. The monoisotopic (exact) mass is 183 g/mol. The molecule has 3 atom stereocenters. The van der Waals surface area contributed by atoms with E-state index in [2.05, 4.69) is 13.8 Å². The third kappa shape index (κ3) is 0.913. The van der Waals surface area contributed by atoms with Gasteiger partial charge in [0.15, 0.2) is 0 Å². The van der Waals surface area contributed by atoms with Crippen molar-refractivity contribution in [3.8, 4) is 0 Å². The predicted molar refractivity (Wildman–Crippen MR) is 45.0 cm³/mol. The lowest BCUT2D eigenvalue weighted by Gasteiger charge is -2.23. The molecule has 0 aromatic rings. The first kappa shape index (κ1) is 8.53. The smallest absolute Gasteiger partial charge is 0.326 e. The molecule has 0 spiro atoms. The molecule has 0 aromatic heterocycles. The molecule has 1 saturated heterocycles. The van der Waals surface area contributed by atoms with Crippen LogP contribution in [0, 0.1) is 17.3 Å². The Morgan fingerprint density at radius 3 is 2.69 bits per heavy atom. The van der Waals surface area contributed by atoms with Crippen LogP contribution in [-0.4, -0.2) is 35.0 Å². The van der Waals surface area contributed by atoms with Gasteiger partial charge in [0.05, 0.1) is 0 Å². The third-order valence-electron chi connectivity index (χ3n) is 3.63. The number of aliphatic carboxylic acids is 1. The lowest BCUT2D eigenvalue weighted by Crippen LogP contribution is -2.40. The van der Waals surface area contributed by atoms with Crippen molar-refractivity contribution < 1.29 is 14.7 Å². The molecular weight excluding hydrogens is 170 g/mol. The van der Waals surface area contributed by atoms with Crippen LogP contribution in [0.2, 0.25) is 0 Å². The van der Waals surface area contributed by atoms with Crippen molar-refractivity contribution in [1.82, 2.24) is 4.90 Å². The fraction of sp³-hybridized carbons (Fsp3) is 0.778. The lowest BCUT2D eigenvalue weighted by molar-refractivity contribution is -0.146. The van der Waals surface area contributed by atoms with E-state index in [4.69, 9.17) is 5.11 Å². The first-order chi connectivity index (χ1) is 6.00. The van der Waals surface area contributed by atoms with Crippen LogP contribution < -0.4 is 0 Å². The minimum absolute atomic E-state index is 0.114. The fourth-order valence-electron chi connectivity index (χ4n) is 2.71. The highest BCUT2D eigenvalue weighted by Gasteiger charge is 2.68. The highest BCUT2D eigenvalue weighted by Crippen LogP contribution is 2.64. The van der Waals surface area contributed by atoms with Gasteiger partial charge in [0.1, 0.15) is 6.04 Å². The molecule has 72 valence electrons. The number of hydrogen-bond acceptors (Lipinski definition) is 2. The maximum Gasteiger partial charge on any atom is 0.326 e. The number of carboxylic acids is 1. The Morgan fingerprint density at radius 2 is 2.23 bits per heavy atom. The highest BCUT2D eigenvalue weighted by atomic mass is 16.4. The first-order valence-corrected chi connectivity index (χ1v) is 4.44. The zero-order valence-electron chi connectivity index (χ0n) is 7.73. The number of likely N-dealkylation sites (tertiary alicyclic amines) is 1. The summed E-state index contributed by atoms with van der Waals surface area (Å²) in [7, 11) is 0. The summed E-state index contributed by atoms with van der Waals surface area (Å²) >= 11 is 0. The molecular formula is C9H13NO3. The van der Waals surface area contributed by atoms with Crippen molar-refractivity contribution in [3.05, 3.63) is 0 Å². The number of amides is 1. The van der Waals surface area contributed by atoms with E-state index in [-0.39, 0.29) is 11.3 Å². The number of hydrogen-bond donors (Lipinski definition) is 1. The molecule has 2 fully saturated rings. The summed E-state index contributed by atoms with van der Waals surface area (Å²) in [6, 6.07) is -0.586. The summed E-state index contributed by atoms with van der Waals surface area (Å²) in [6.07, 6.45) is 0.654. The van der Waals surface area contributed by atoms with Gasteiger partial charge in [-0.25, -0.2) is 4.79 Å². The molecule has 2 aliphatic rings. The SMILES string of the molecule is CC1(C)C2CN(C=O)C(C(=O)O)C21.